The summed E-state index contributed by atoms with van der Waals surface area (Å²) in [6.07, 6.45) is -0.0253. The van der Waals surface area contributed by atoms with Crippen LogP contribution in [0.1, 0.15) is 16.8 Å². The molecule has 2 N–H and O–H groups in total. The van der Waals surface area contributed by atoms with Gasteiger partial charge < -0.3 is 10.2 Å². The average Bonchev–Trinajstić information content (AvgIpc) is 2.28. The van der Waals surface area contributed by atoms with Crippen LogP contribution in [0.15, 0.2) is 36.1 Å². The van der Waals surface area contributed by atoms with Crippen LogP contribution in [-0.2, 0) is 9.59 Å². The van der Waals surface area contributed by atoms with Crippen LogP contribution in [-0.4, -0.2) is 27.7 Å². The predicted molar refractivity (Wildman–Crippen MR) is 63.8 cm³/mol. The van der Waals surface area contributed by atoms with E-state index in [4.69, 9.17) is 21.8 Å². The number of aliphatic hydroxyl groups excluding tert-OH is 1. The summed E-state index contributed by atoms with van der Waals surface area (Å²) in [5.41, 5.74) is 0.249. The van der Waals surface area contributed by atoms with Crippen molar-refractivity contribution >= 4 is 29.1 Å². The van der Waals surface area contributed by atoms with Gasteiger partial charge in [-0.05, 0) is 12.1 Å². The van der Waals surface area contributed by atoms with E-state index in [2.05, 4.69) is 0 Å². The Bertz CT molecular complexity index is 533. The smallest absolute Gasteiger partial charge is 0.371 e. The van der Waals surface area contributed by atoms with Gasteiger partial charge in [0.25, 0.3) is 0 Å². The molecule has 1 aromatic rings. The van der Waals surface area contributed by atoms with Crippen LogP contribution in [0, 0.1) is 0 Å². The summed E-state index contributed by atoms with van der Waals surface area (Å²) < 4.78 is 0. The van der Waals surface area contributed by atoms with Crippen molar-refractivity contribution in [2.45, 2.75) is 6.42 Å². The Morgan fingerprint density at radius 2 is 1.89 bits per heavy atom. The van der Waals surface area contributed by atoms with Gasteiger partial charge in [-0.25, -0.2) is 4.79 Å². The molecule has 0 aliphatic rings. The summed E-state index contributed by atoms with van der Waals surface area (Å²) in [6.45, 7) is 0. The molecule has 0 spiro atoms. The van der Waals surface area contributed by atoms with Gasteiger partial charge in [-0.15, -0.1) is 0 Å². The molecule has 0 atom stereocenters. The minimum Gasteiger partial charge on any atom is -0.502 e. The van der Waals surface area contributed by atoms with Crippen LogP contribution in [0.2, 0.25) is 5.02 Å². The van der Waals surface area contributed by atoms with Crippen LogP contribution >= 0.6 is 11.6 Å². The fraction of sp³-hybridized carbons (Fsp3) is 0.0833. The van der Waals surface area contributed by atoms with Crippen molar-refractivity contribution in [3.05, 3.63) is 46.7 Å². The summed E-state index contributed by atoms with van der Waals surface area (Å²) >= 11 is 5.68. The standard InChI is InChI=1S/C12H9ClO5/c13-8-3-1-2-7(4-8)10(15)5-9(14)6-11(16)12(17)18/h1-4,6,16H,5H2,(H,17,18)/b11-6-. The first kappa shape index (κ1) is 13.9. The molecule has 0 fully saturated rings. The largest absolute Gasteiger partial charge is 0.502 e. The third-order valence-corrected chi connectivity index (χ3v) is 2.23. The Hall–Kier alpha value is -2.14. The second-order valence-electron chi connectivity index (χ2n) is 3.41. The second kappa shape index (κ2) is 5.97. The van der Waals surface area contributed by atoms with E-state index < -0.39 is 29.7 Å². The first-order valence-corrected chi connectivity index (χ1v) is 5.23. The van der Waals surface area contributed by atoms with E-state index in [0.29, 0.717) is 11.1 Å². The number of carboxylic acid groups (broad SMARTS) is 1. The zero-order valence-electron chi connectivity index (χ0n) is 9.09. The number of allylic oxidation sites excluding steroid dienone is 1. The number of halogens is 1. The fourth-order valence-electron chi connectivity index (χ4n) is 1.19. The first-order chi connectivity index (χ1) is 8.40. The molecule has 5 nitrogen and oxygen atoms in total. The molecule has 1 rings (SSSR count). The predicted octanol–water partition coefficient (Wildman–Crippen LogP) is 2.01. The maximum atomic E-state index is 11.6. The molecular formula is C12H9ClO5. The monoisotopic (exact) mass is 268 g/mol. The van der Waals surface area contributed by atoms with Gasteiger partial charge in [0.05, 0.1) is 6.42 Å². The highest BCUT2D eigenvalue weighted by molar-refractivity contribution is 6.31. The normalized spacial score (nSPS) is 11.1. The Balaban J connectivity index is 2.74. The van der Waals surface area contributed by atoms with Crippen LogP contribution in [0.5, 0.6) is 0 Å². The van der Waals surface area contributed by atoms with Crippen molar-refractivity contribution < 1.29 is 24.6 Å². The molecule has 0 saturated heterocycles. The number of benzene rings is 1. The number of carbonyl (C=O) groups excluding carboxylic acids is 2. The summed E-state index contributed by atoms with van der Waals surface area (Å²) in [4.78, 5) is 33.2. The summed E-state index contributed by atoms with van der Waals surface area (Å²) in [5, 5.41) is 17.5. The Morgan fingerprint density at radius 3 is 2.44 bits per heavy atom. The molecule has 0 radical (unpaired) electrons. The number of hydrogen-bond donors (Lipinski definition) is 2. The number of Topliss-reactive ketones (excluding diaryl/α,β-unsaturated/α-hetero) is 1. The molecule has 6 heteroatoms. The van der Waals surface area contributed by atoms with E-state index in [9.17, 15) is 14.4 Å². The molecule has 18 heavy (non-hydrogen) atoms. The zero-order chi connectivity index (χ0) is 13.7. The lowest BCUT2D eigenvalue weighted by Gasteiger charge is -1.99. The fourth-order valence-corrected chi connectivity index (χ4v) is 1.38. The molecule has 0 aromatic heterocycles. The minimum atomic E-state index is -1.63. The van der Waals surface area contributed by atoms with Crippen LogP contribution in [0.3, 0.4) is 0 Å². The van der Waals surface area contributed by atoms with Gasteiger partial charge in [-0.2, -0.15) is 0 Å². The number of rotatable bonds is 5. The lowest BCUT2D eigenvalue weighted by atomic mass is 10.1. The molecule has 0 unspecified atom stereocenters. The van der Waals surface area contributed by atoms with Crippen molar-refractivity contribution in [1.82, 2.24) is 0 Å². The number of aliphatic carboxylic acids is 1. The third-order valence-electron chi connectivity index (χ3n) is 2.00. The molecule has 0 saturated carbocycles. The highest BCUT2D eigenvalue weighted by atomic mass is 35.5. The van der Waals surface area contributed by atoms with Gasteiger partial charge in [-0.1, -0.05) is 23.7 Å². The van der Waals surface area contributed by atoms with E-state index in [1.54, 1.807) is 12.1 Å². The summed E-state index contributed by atoms with van der Waals surface area (Å²) in [6, 6.07) is 6.03. The summed E-state index contributed by atoms with van der Waals surface area (Å²) in [5.74, 6) is -4.02. The van der Waals surface area contributed by atoms with E-state index in [0.717, 1.165) is 0 Å². The maximum absolute atomic E-state index is 11.6. The molecule has 0 aliphatic heterocycles. The zero-order valence-corrected chi connectivity index (χ0v) is 9.85. The van der Waals surface area contributed by atoms with Gasteiger partial charge in [0.15, 0.2) is 11.6 Å². The van der Waals surface area contributed by atoms with E-state index >= 15 is 0 Å². The Morgan fingerprint density at radius 1 is 1.22 bits per heavy atom. The highest BCUT2D eigenvalue weighted by Gasteiger charge is 2.13. The number of ketones is 2. The van der Waals surface area contributed by atoms with E-state index in [-0.39, 0.29) is 5.56 Å². The van der Waals surface area contributed by atoms with Crippen molar-refractivity contribution in [2.24, 2.45) is 0 Å². The highest BCUT2D eigenvalue weighted by Crippen LogP contribution is 2.12. The quantitative estimate of drug-likeness (QED) is 0.369. The first-order valence-electron chi connectivity index (χ1n) is 4.85. The topological polar surface area (TPSA) is 91.7 Å². The second-order valence-corrected chi connectivity index (χ2v) is 3.85. The number of aliphatic hydroxyl groups is 1. The van der Waals surface area contributed by atoms with E-state index in [1.165, 1.54) is 12.1 Å². The third kappa shape index (κ3) is 4.03. The van der Waals surface area contributed by atoms with Crippen molar-refractivity contribution in [1.29, 1.82) is 0 Å². The minimum absolute atomic E-state index is 0.249. The van der Waals surface area contributed by atoms with Crippen LogP contribution in [0.4, 0.5) is 0 Å². The maximum Gasteiger partial charge on any atom is 0.371 e. The number of carbonyl (C=O) groups is 3. The Labute approximate surface area is 107 Å². The lowest BCUT2D eigenvalue weighted by Crippen LogP contribution is -2.09. The van der Waals surface area contributed by atoms with Crippen LogP contribution in [0.25, 0.3) is 0 Å². The average molecular weight is 269 g/mol. The molecular weight excluding hydrogens is 260 g/mol. The number of hydrogen-bond acceptors (Lipinski definition) is 4. The van der Waals surface area contributed by atoms with Gasteiger partial charge in [0.2, 0.25) is 5.76 Å². The van der Waals surface area contributed by atoms with Crippen molar-refractivity contribution in [2.75, 3.05) is 0 Å². The SMILES string of the molecule is O=C(/C=C(\O)C(=O)O)CC(=O)c1cccc(Cl)c1. The van der Waals surface area contributed by atoms with Gasteiger partial charge in [0.1, 0.15) is 0 Å². The summed E-state index contributed by atoms with van der Waals surface area (Å²) in [7, 11) is 0. The Kier molecular flexibility index (Phi) is 4.62. The van der Waals surface area contributed by atoms with E-state index in [1.807, 2.05) is 0 Å². The molecule has 94 valence electrons. The lowest BCUT2D eigenvalue weighted by molar-refractivity contribution is -0.135. The van der Waals surface area contributed by atoms with Gasteiger partial charge in [-0.3, -0.25) is 9.59 Å². The van der Waals surface area contributed by atoms with Gasteiger partial charge >= 0.3 is 5.97 Å². The molecule has 0 amide bonds. The van der Waals surface area contributed by atoms with Crippen LogP contribution < -0.4 is 0 Å². The van der Waals surface area contributed by atoms with Crippen molar-refractivity contribution in [3.8, 4) is 0 Å². The molecule has 1 aromatic carbocycles. The molecule has 0 heterocycles. The number of carboxylic acids is 1. The molecule has 0 bridgehead atoms. The molecule has 0 aliphatic carbocycles. The van der Waals surface area contributed by atoms with Crippen molar-refractivity contribution in [3.63, 3.8) is 0 Å². The van der Waals surface area contributed by atoms with Gasteiger partial charge in [0, 0.05) is 16.7 Å².